The normalized spacial score (nSPS) is 10.8. The number of nitrogens with zero attached hydrogens (tertiary/aromatic N) is 1. The van der Waals surface area contributed by atoms with Crippen molar-refractivity contribution in [3.05, 3.63) is 22.7 Å². The molecular weight excluding hydrogens is 240 g/mol. The van der Waals surface area contributed by atoms with Crippen LogP contribution < -0.4 is 15.3 Å². The lowest BCUT2D eigenvalue weighted by Gasteiger charge is -2.12. The Kier molecular flexibility index (Phi) is 5.63. The Bertz CT molecular complexity index is 394. The lowest BCUT2D eigenvalue weighted by molar-refractivity contribution is 0.288. The summed E-state index contributed by atoms with van der Waals surface area (Å²) >= 11 is 6.12. The number of halogens is 1. The summed E-state index contributed by atoms with van der Waals surface area (Å²) in [6.07, 6.45) is 3.55. The maximum Gasteiger partial charge on any atom is 0.179 e. The van der Waals surface area contributed by atoms with Gasteiger partial charge in [0.25, 0.3) is 0 Å². The van der Waals surface area contributed by atoms with E-state index in [0.29, 0.717) is 23.1 Å². The molecule has 0 heterocycles. The van der Waals surface area contributed by atoms with Gasteiger partial charge < -0.3 is 15.3 Å². The number of unbranched alkanes of at least 4 members (excludes halogenated alkanes) is 1. The highest BCUT2D eigenvalue weighted by molar-refractivity contribution is 6.32. The van der Waals surface area contributed by atoms with Crippen LogP contribution in [0.2, 0.25) is 5.02 Å². The molecule has 2 N–H and O–H groups in total. The van der Waals surface area contributed by atoms with E-state index in [-0.39, 0.29) is 0 Å². The summed E-state index contributed by atoms with van der Waals surface area (Å²) in [6, 6.07) is 3.52. The van der Waals surface area contributed by atoms with Crippen molar-refractivity contribution in [2.24, 2.45) is 10.9 Å². The van der Waals surface area contributed by atoms with E-state index in [4.69, 9.17) is 26.9 Å². The Labute approximate surface area is 106 Å². The van der Waals surface area contributed by atoms with Gasteiger partial charge in [-0.05, 0) is 24.1 Å². The van der Waals surface area contributed by atoms with E-state index in [2.05, 4.69) is 12.0 Å². The lowest BCUT2D eigenvalue weighted by atomic mass is 10.2. The molecule has 0 amide bonds. The minimum absolute atomic E-state index is 0.496. The third-order valence-electron chi connectivity index (χ3n) is 2.22. The summed E-state index contributed by atoms with van der Waals surface area (Å²) in [4.78, 5) is 0. The van der Waals surface area contributed by atoms with Crippen molar-refractivity contribution >= 4 is 17.8 Å². The first-order chi connectivity index (χ1) is 8.22. The van der Waals surface area contributed by atoms with Crippen molar-refractivity contribution in [3.63, 3.8) is 0 Å². The highest BCUT2D eigenvalue weighted by Crippen LogP contribution is 2.36. The van der Waals surface area contributed by atoms with E-state index >= 15 is 0 Å². The van der Waals surface area contributed by atoms with Gasteiger partial charge in [-0.3, -0.25) is 0 Å². The minimum Gasteiger partial charge on any atom is -0.493 e. The van der Waals surface area contributed by atoms with Crippen LogP contribution >= 0.6 is 11.6 Å². The van der Waals surface area contributed by atoms with Gasteiger partial charge in [-0.1, -0.05) is 24.9 Å². The molecule has 17 heavy (non-hydrogen) atoms. The van der Waals surface area contributed by atoms with E-state index in [1.54, 1.807) is 19.2 Å². The molecule has 1 aromatic carbocycles. The zero-order chi connectivity index (χ0) is 12.7. The minimum atomic E-state index is 0.496. The van der Waals surface area contributed by atoms with Crippen LogP contribution in [0.15, 0.2) is 17.2 Å². The molecule has 0 radical (unpaired) electrons. The van der Waals surface area contributed by atoms with Crippen LogP contribution in [0.25, 0.3) is 0 Å². The van der Waals surface area contributed by atoms with Gasteiger partial charge in [0.1, 0.15) is 0 Å². The third-order valence-corrected chi connectivity index (χ3v) is 2.50. The first-order valence-corrected chi connectivity index (χ1v) is 5.84. The zero-order valence-electron chi connectivity index (χ0n) is 10.1. The standard InChI is InChI=1S/C12H17ClN2O2/c1-3-4-5-17-12-10(13)6-9(8-15-14)7-11(12)16-2/h6-8H,3-5,14H2,1-2H3. The molecule has 0 bridgehead atoms. The fraction of sp³-hybridized carbons (Fsp3) is 0.417. The van der Waals surface area contributed by atoms with E-state index in [9.17, 15) is 0 Å². The van der Waals surface area contributed by atoms with Crippen LogP contribution in [0.4, 0.5) is 0 Å². The molecule has 1 rings (SSSR count). The van der Waals surface area contributed by atoms with E-state index in [1.165, 1.54) is 6.21 Å². The van der Waals surface area contributed by atoms with Gasteiger partial charge in [-0.15, -0.1) is 0 Å². The molecule has 0 unspecified atom stereocenters. The second-order valence-corrected chi connectivity index (χ2v) is 3.92. The molecule has 0 aromatic heterocycles. The molecule has 0 aliphatic rings. The number of hydrogen-bond donors (Lipinski definition) is 1. The van der Waals surface area contributed by atoms with Gasteiger partial charge in [0.2, 0.25) is 0 Å². The average Bonchev–Trinajstić information content (AvgIpc) is 2.32. The zero-order valence-corrected chi connectivity index (χ0v) is 10.8. The molecule has 94 valence electrons. The first kappa shape index (κ1) is 13.6. The number of hydrazone groups is 1. The molecule has 1 aromatic rings. The molecule has 0 saturated heterocycles. The monoisotopic (exact) mass is 256 g/mol. The van der Waals surface area contributed by atoms with Gasteiger partial charge in [-0.25, -0.2) is 0 Å². The maximum atomic E-state index is 6.12. The predicted molar refractivity (Wildman–Crippen MR) is 70.2 cm³/mol. The number of methoxy groups -OCH3 is 1. The van der Waals surface area contributed by atoms with Crippen molar-refractivity contribution in [2.75, 3.05) is 13.7 Å². The second-order valence-electron chi connectivity index (χ2n) is 3.51. The Balaban J connectivity index is 2.95. The molecule has 0 atom stereocenters. The molecule has 0 spiro atoms. The molecule has 4 nitrogen and oxygen atoms in total. The molecular formula is C12H17ClN2O2. The van der Waals surface area contributed by atoms with Crippen LogP contribution in [0, 0.1) is 0 Å². The van der Waals surface area contributed by atoms with Gasteiger partial charge in [-0.2, -0.15) is 5.10 Å². The lowest BCUT2D eigenvalue weighted by Crippen LogP contribution is -2.00. The summed E-state index contributed by atoms with van der Waals surface area (Å²) in [7, 11) is 1.57. The van der Waals surface area contributed by atoms with Gasteiger partial charge in [0.05, 0.1) is 25.0 Å². The van der Waals surface area contributed by atoms with Gasteiger partial charge in [0, 0.05) is 0 Å². The smallest absolute Gasteiger partial charge is 0.179 e. The fourth-order valence-electron chi connectivity index (χ4n) is 1.36. The highest BCUT2D eigenvalue weighted by Gasteiger charge is 2.11. The van der Waals surface area contributed by atoms with Gasteiger partial charge in [0.15, 0.2) is 11.5 Å². The summed E-state index contributed by atoms with van der Waals surface area (Å²) in [5.74, 6) is 6.25. The Morgan fingerprint density at radius 3 is 2.82 bits per heavy atom. The Morgan fingerprint density at radius 1 is 1.47 bits per heavy atom. The Hall–Kier alpha value is -1.42. The largest absolute Gasteiger partial charge is 0.493 e. The summed E-state index contributed by atoms with van der Waals surface area (Å²) in [6.45, 7) is 2.72. The van der Waals surface area contributed by atoms with Crippen molar-refractivity contribution in [3.8, 4) is 11.5 Å². The number of nitrogens with two attached hydrogens (primary N) is 1. The van der Waals surface area contributed by atoms with Crippen LogP contribution in [0.1, 0.15) is 25.3 Å². The maximum absolute atomic E-state index is 6.12. The molecule has 0 aliphatic heterocycles. The molecule has 0 saturated carbocycles. The molecule has 0 aliphatic carbocycles. The van der Waals surface area contributed by atoms with Crippen molar-refractivity contribution in [2.45, 2.75) is 19.8 Å². The van der Waals surface area contributed by atoms with Crippen LogP contribution in [-0.4, -0.2) is 19.9 Å². The second kappa shape index (κ2) is 7.01. The van der Waals surface area contributed by atoms with Crippen molar-refractivity contribution in [1.29, 1.82) is 0 Å². The summed E-state index contributed by atoms with van der Waals surface area (Å²) < 4.78 is 10.8. The highest BCUT2D eigenvalue weighted by atomic mass is 35.5. The quantitative estimate of drug-likeness (QED) is 0.369. The number of hydrogen-bond acceptors (Lipinski definition) is 4. The van der Waals surface area contributed by atoms with E-state index in [0.717, 1.165) is 18.4 Å². The number of rotatable bonds is 6. The summed E-state index contributed by atoms with van der Waals surface area (Å²) in [5, 5.41) is 3.94. The van der Waals surface area contributed by atoms with Crippen molar-refractivity contribution < 1.29 is 9.47 Å². The fourth-order valence-corrected chi connectivity index (χ4v) is 1.63. The average molecular weight is 257 g/mol. The van der Waals surface area contributed by atoms with Crippen LogP contribution in [0.3, 0.4) is 0 Å². The van der Waals surface area contributed by atoms with Crippen LogP contribution in [0.5, 0.6) is 11.5 Å². The molecule has 5 heteroatoms. The third kappa shape index (κ3) is 3.82. The summed E-state index contributed by atoms with van der Waals surface area (Å²) in [5.41, 5.74) is 0.775. The first-order valence-electron chi connectivity index (χ1n) is 5.46. The van der Waals surface area contributed by atoms with Crippen molar-refractivity contribution in [1.82, 2.24) is 0 Å². The Morgan fingerprint density at radius 2 is 2.24 bits per heavy atom. The van der Waals surface area contributed by atoms with Crippen LogP contribution in [-0.2, 0) is 0 Å². The van der Waals surface area contributed by atoms with E-state index in [1.807, 2.05) is 0 Å². The predicted octanol–water partition coefficient (Wildman–Crippen LogP) is 2.82. The number of ether oxygens (including phenoxy) is 2. The van der Waals surface area contributed by atoms with E-state index < -0.39 is 0 Å². The topological polar surface area (TPSA) is 56.8 Å². The van der Waals surface area contributed by atoms with Gasteiger partial charge >= 0.3 is 0 Å². The number of benzene rings is 1. The SMILES string of the molecule is CCCCOc1c(Cl)cc(C=NN)cc1OC. The molecule has 0 fully saturated rings.